The van der Waals surface area contributed by atoms with Crippen LogP contribution < -0.4 is 14.8 Å². The predicted octanol–water partition coefficient (Wildman–Crippen LogP) is 1.95. The molecule has 1 N–H and O–H groups in total. The summed E-state index contributed by atoms with van der Waals surface area (Å²) in [6.07, 6.45) is 3.31. The normalized spacial score (nSPS) is 22.6. The maximum Gasteiger partial charge on any atom is 0.340 e. The van der Waals surface area contributed by atoms with Crippen LogP contribution in [0.3, 0.4) is 0 Å². The number of piperidine rings is 1. The first-order valence-electron chi connectivity index (χ1n) is 10.3. The molecule has 3 heterocycles. The number of nitrogens with one attached hydrogen (secondary N) is 1. The molecule has 2 atom stereocenters. The zero-order chi connectivity index (χ0) is 21.1. The number of nitrogens with zero attached hydrogens (tertiary/aromatic N) is 1. The van der Waals surface area contributed by atoms with Crippen LogP contribution in [0.5, 0.6) is 11.5 Å². The van der Waals surface area contributed by atoms with Crippen molar-refractivity contribution in [2.45, 2.75) is 38.2 Å². The lowest BCUT2D eigenvalue weighted by Gasteiger charge is -2.33. The van der Waals surface area contributed by atoms with Gasteiger partial charge in [0.15, 0.2) is 11.5 Å². The van der Waals surface area contributed by atoms with Crippen molar-refractivity contribution in [1.29, 1.82) is 0 Å². The summed E-state index contributed by atoms with van der Waals surface area (Å²) in [4.78, 5) is 39.3. The van der Waals surface area contributed by atoms with Gasteiger partial charge in [0.1, 0.15) is 6.10 Å². The molecule has 4 rings (SSSR count). The van der Waals surface area contributed by atoms with Gasteiger partial charge in [0.2, 0.25) is 12.7 Å². The fourth-order valence-corrected chi connectivity index (χ4v) is 4.20. The first-order valence-corrected chi connectivity index (χ1v) is 10.3. The number of carbonyl (C=O) groups excluding carboxylic acids is 3. The van der Waals surface area contributed by atoms with Crippen LogP contribution in [0.25, 0.3) is 0 Å². The van der Waals surface area contributed by atoms with E-state index in [-0.39, 0.29) is 42.6 Å². The molecular weight excluding hydrogens is 392 g/mol. The minimum absolute atomic E-state index is 0.0290. The third kappa shape index (κ3) is 4.35. The second kappa shape index (κ2) is 8.91. The molecule has 2 amide bonds. The third-order valence-corrected chi connectivity index (χ3v) is 5.70. The van der Waals surface area contributed by atoms with Crippen molar-refractivity contribution in [3.8, 4) is 11.5 Å². The fraction of sp³-hybridized carbons (Fsp3) is 0.571. The number of esters is 1. The molecule has 1 aromatic carbocycles. The van der Waals surface area contributed by atoms with Gasteiger partial charge < -0.3 is 29.2 Å². The maximum absolute atomic E-state index is 12.7. The largest absolute Gasteiger partial charge is 0.465 e. The molecule has 30 heavy (non-hydrogen) atoms. The Morgan fingerprint density at radius 3 is 2.70 bits per heavy atom. The van der Waals surface area contributed by atoms with E-state index >= 15 is 0 Å². The van der Waals surface area contributed by atoms with Crippen molar-refractivity contribution in [1.82, 2.24) is 4.90 Å². The van der Waals surface area contributed by atoms with E-state index in [9.17, 15) is 14.4 Å². The number of carbonyl (C=O) groups is 3. The molecule has 0 radical (unpaired) electrons. The number of fused-ring (bicyclic) bond motifs is 1. The zero-order valence-electron chi connectivity index (χ0n) is 17.0. The fourth-order valence-electron chi connectivity index (χ4n) is 4.20. The topological polar surface area (TPSA) is 103 Å². The average Bonchev–Trinajstić information content (AvgIpc) is 3.44. The van der Waals surface area contributed by atoms with Crippen molar-refractivity contribution in [2.75, 3.05) is 38.9 Å². The summed E-state index contributed by atoms with van der Waals surface area (Å²) in [5.41, 5.74) is 0.521. The Bertz CT molecular complexity index is 835. The summed E-state index contributed by atoms with van der Waals surface area (Å²) in [6.45, 7) is 1.93. The molecule has 0 aromatic heterocycles. The Morgan fingerprint density at radius 2 is 1.97 bits per heavy atom. The second-order valence-corrected chi connectivity index (χ2v) is 7.79. The number of rotatable bonds is 5. The molecule has 0 saturated carbocycles. The van der Waals surface area contributed by atoms with Gasteiger partial charge in [-0.3, -0.25) is 9.59 Å². The molecule has 0 aliphatic carbocycles. The van der Waals surface area contributed by atoms with Gasteiger partial charge in [-0.05, 0) is 31.6 Å². The van der Waals surface area contributed by atoms with Gasteiger partial charge in [0.25, 0.3) is 5.91 Å². The third-order valence-electron chi connectivity index (χ3n) is 5.70. The first kappa shape index (κ1) is 20.5. The van der Waals surface area contributed by atoms with Gasteiger partial charge in [0, 0.05) is 38.2 Å². The van der Waals surface area contributed by atoms with Crippen LogP contribution in [0, 0.1) is 5.92 Å². The number of benzene rings is 1. The van der Waals surface area contributed by atoms with Gasteiger partial charge in [-0.15, -0.1) is 0 Å². The molecule has 2 unspecified atom stereocenters. The summed E-state index contributed by atoms with van der Waals surface area (Å²) in [6, 6.07) is 3.08. The van der Waals surface area contributed by atoms with Crippen LogP contribution in [0.15, 0.2) is 12.1 Å². The number of likely N-dealkylation sites (tertiary alicyclic amines) is 1. The van der Waals surface area contributed by atoms with Gasteiger partial charge in [-0.1, -0.05) is 0 Å². The average molecular weight is 418 g/mol. The van der Waals surface area contributed by atoms with E-state index in [0.717, 1.165) is 25.7 Å². The molecule has 2 fully saturated rings. The Labute approximate surface area is 174 Å². The molecule has 0 bridgehead atoms. The smallest absolute Gasteiger partial charge is 0.340 e. The Balaban J connectivity index is 1.39. The summed E-state index contributed by atoms with van der Waals surface area (Å²) >= 11 is 0. The van der Waals surface area contributed by atoms with E-state index in [4.69, 9.17) is 18.9 Å². The Kier molecular flexibility index (Phi) is 6.08. The maximum atomic E-state index is 12.7. The van der Waals surface area contributed by atoms with Crippen molar-refractivity contribution in [3.63, 3.8) is 0 Å². The van der Waals surface area contributed by atoms with Crippen molar-refractivity contribution in [2.24, 2.45) is 5.92 Å². The van der Waals surface area contributed by atoms with Crippen LogP contribution in [-0.4, -0.2) is 62.4 Å². The highest BCUT2D eigenvalue weighted by atomic mass is 16.7. The van der Waals surface area contributed by atoms with Gasteiger partial charge in [-0.25, -0.2) is 4.79 Å². The van der Waals surface area contributed by atoms with Crippen molar-refractivity contribution < 1.29 is 33.3 Å². The molecular formula is C21H26N2O7. The summed E-state index contributed by atoms with van der Waals surface area (Å²) in [7, 11) is 1.28. The summed E-state index contributed by atoms with van der Waals surface area (Å²) < 4.78 is 21.0. The minimum atomic E-state index is -0.574. The summed E-state index contributed by atoms with van der Waals surface area (Å²) in [5.74, 6) is 0.180. The van der Waals surface area contributed by atoms with Crippen LogP contribution in [0.4, 0.5) is 5.69 Å². The quantitative estimate of drug-likeness (QED) is 0.729. The van der Waals surface area contributed by atoms with E-state index in [1.807, 2.05) is 4.90 Å². The second-order valence-electron chi connectivity index (χ2n) is 7.79. The van der Waals surface area contributed by atoms with Crippen molar-refractivity contribution in [3.05, 3.63) is 17.7 Å². The molecule has 1 aromatic rings. The number of hydrogen-bond acceptors (Lipinski definition) is 7. The van der Waals surface area contributed by atoms with Crippen LogP contribution in [-0.2, 0) is 19.1 Å². The van der Waals surface area contributed by atoms with E-state index in [1.165, 1.54) is 13.2 Å². The molecule has 2 saturated heterocycles. The van der Waals surface area contributed by atoms with Crippen LogP contribution in [0.2, 0.25) is 0 Å². The molecule has 3 aliphatic heterocycles. The van der Waals surface area contributed by atoms with E-state index < -0.39 is 5.97 Å². The highest BCUT2D eigenvalue weighted by Crippen LogP contribution is 2.37. The molecule has 0 spiro atoms. The standard InChI is InChI=1S/C21H26N2O7/c1-27-21(26)14-9-17-18(30-12-29-17)10-15(14)22-19(24)8-13-4-2-6-23(11-13)20(25)16-5-3-7-28-16/h9-10,13,16H,2-8,11-12H2,1H3,(H,22,24). The van der Waals surface area contributed by atoms with Crippen molar-refractivity contribution >= 4 is 23.5 Å². The number of anilines is 1. The lowest BCUT2D eigenvalue weighted by molar-refractivity contribution is -0.143. The molecule has 9 nitrogen and oxygen atoms in total. The molecule has 162 valence electrons. The first-order chi connectivity index (χ1) is 14.5. The number of ether oxygens (including phenoxy) is 4. The van der Waals surface area contributed by atoms with Gasteiger partial charge in [-0.2, -0.15) is 0 Å². The number of methoxy groups -OCH3 is 1. The highest BCUT2D eigenvalue weighted by molar-refractivity contribution is 6.02. The SMILES string of the molecule is COC(=O)c1cc2c(cc1NC(=O)CC1CCCN(C(=O)C3CCCO3)C1)OCO2. The minimum Gasteiger partial charge on any atom is -0.465 e. The van der Waals surface area contributed by atoms with Crippen LogP contribution in [0.1, 0.15) is 42.5 Å². The molecule has 9 heteroatoms. The lowest BCUT2D eigenvalue weighted by atomic mass is 9.94. The summed E-state index contributed by atoms with van der Waals surface area (Å²) in [5, 5.41) is 2.80. The van der Waals surface area contributed by atoms with E-state index in [0.29, 0.717) is 36.9 Å². The number of hydrogen-bond donors (Lipinski definition) is 1. The predicted molar refractivity (Wildman–Crippen MR) is 105 cm³/mol. The van der Waals surface area contributed by atoms with E-state index in [2.05, 4.69) is 5.32 Å². The van der Waals surface area contributed by atoms with Gasteiger partial charge >= 0.3 is 5.97 Å². The van der Waals surface area contributed by atoms with Crippen LogP contribution >= 0.6 is 0 Å². The Hall–Kier alpha value is -2.81. The lowest BCUT2D eigenvalue weighted by Crippen LogP contribution is -2.45. The van der Waals surface area contributed by atoms with E-state index in [1.54, 1.807) is 6.07 Å². The van der Waals surface area contributed by atoms with Gasteiger partial charge in [0.05, 0.1) is 18.4 Å². The molecule has 3 aliphatic rings. The highest BCUT2D eigenvalue weighted by Gasteiger charge is 2.32. The Morgan fingerprint density at radius 1 is 1.17 bits per heavy atom. The monoisotopic (exact) mass is 418 g/mol. The zero-order valence-corrected chi connectivity index (χ0v) is 17.0. The number of amides is 2.